The molecule has 0 bridgehead atoms. The van der Waals surface area contributed by atoms with Crippen molar-refractivity contribution < 1.29 is 13.2 Å². The van der Waals surface area contributed by atoms with Gasteiger partial charge in [0.05, 0.1) is 35.0 Å². The maximum atomic E-state index is 12.5. The summed E-state index contributed by atoms with van der Waals surface area (Å²) in [5.41, 5.74) is 0.873. The quantitative estimate of drug-likeness (QED) is 0.669. The molecule has 0 saturated carbocycles. The van der Waals surface area contributed by atoms with Crippen molar-refractivity contribution in [3.63, 3.8) is 0 Å². The summed E-state index contributed by atoms with van der Waals surface area (Å²) >= 11 is 0. The molecule has 1 saturated heterocycles. The number of nitrogens with zero attached hydrogens (tertiary/aromatic N) is 3. The van der Waals surface area contributed by atoms with Crippen LogP contribution in [-0.4, -0.2) is 42.7 Å². The van der Waals surface area contributed by atoms with E-state index in [9.17, 15) is 18.5 Å². The molecular weight excluding hydrogens is 394 g/mol. The minimum atomic E-state index is -3.30. The largest absolute Gasteiger partial charge is 0.379 e. The lowest BCUT2D eigenvalue weighted by Gasteiger charge is -2.27. The summed E-state index contributed by atoms with van der Waals surface area (Å²) in [6.45, 7) is 0.858. The van der Waals surface area contributed by atoms with Gasteiger partial charge < -0.3 is 15.0 Å². The zero-order valence-corrected chi connectivity index (χ0v) is 16.4. The van der Waals surface area contributed by atoms with Gasteiger partial charge in [0.25, 0.3) is 5.56 Å². The number of benzene rings is 1. The van der Waals surface area contributed by atoms with Gasteiger partial charge in [-0.3, -0.25) is 9.48 Å². The number of nitrogens with one attached hydrogen (secondary N) is 2. The number of hydrogen-bond acceptors (Lipinski definition) is 7. The monoisotopic (exact) mass is 413 g/mol. The molecule has 1 aliphatic heterocycles. The molecule has 9 nitrogen and oxygen atoms in total. The van der Waals surface area contributed by atoms with Crippen LogP contribution in [0.4, 0.5) is 11.5 Å². The fourth-order valence-corrected chi connectivity index (χ4v) is 4.11. The van der Waals surface area contributed by atoms with Gasteiger partial charge >= 0.3 is 0 Å². The van der Waals surface area contributed by atoms with E-state index in [1.165, 1.54) is 12.1 Å². The number of fused-ring (bicyclic) bond motifs is 1. The van der Waals surface area contributed by atoms with Crippen LogP contribution in [0.2, 0.25) is 0 Å². The highest BCUT2D eigenvalue weighted by atomic mass is 32.2. The molecule has 2 N–H and O–H groups in total. The number of H-pyrrole nitrogens is 1. The first-order valence-corrected chi connectivity index (χ1v) is 10.9. The lowest BCUT2D eigenvalue weighted by atomic mass is 9.96. The van der Waals surface area contributed by atoms with Crippen molar-refractivity contribution in [2.45, 2.75) is 17.4 Å². The van der Waals surface area contributed by atoms with Crippen LogP contribution < -0.4 is 10.9 Å². The Hall–Kier alpha value is -3.16. The minimum absolute atomic E-state index is 0.201. The average molecular weight is 413 g/mol. The molecule has 29 heavy (non-hydrogen) atoms. The smallest absolute Gasteiger partial charge is 0.261 e. The first kappa shape index (κ1) is 19.2. The zero-order chi connectivity index (χ0) is 20.6. The first-order chi connectivity index (χ1) is 13.9. The fraction of sp³-hybridized carbons (Fsp3) is 0.316. The van der Waals surface area contributed by atoms with Gasteiger partial charge in [0.15, 0.2) is 15.7 Å². The molecule has 4 rings (SSSR count). The Bertz CT molecular complexity index is 1250. The van der Waals surface area contributed by atoms with Crippen molar-refractivity contribution in [2.75, 3.05) is 24.8 Å². The number of aromatic amines is 1. The van der Waals surface area contributed by atoms with Crippen molar-refractivity contribution in [2.24, 2.45) is 5.92 Å². The van der Waals surface area contributed by atoms with Gasteiger partial charge in [0, 0.05) is 24.7 Å². The summed E-state index contributed by atoms with van der Waals surface area (Å²) in [5.74, 6) is 0.0595. The Labute approximate surface area is 166 Å². The highest BCUT2D eigenvalue weighted by molar-refractivity contribution is 7.90. The average Bonchev–Trinajstić information content (AvgIpc) is 3.07. The highest BCUT2D eigenvalue weighted by Crippen LogP contribution is 2.31. The molecule has 150 valence electrons. The number of sulfone groups is 1. The van der Waals surface area contributed by atoms with E-state index >= 15 is 0 Å². The first-order valence-electron chi connectivity index (χ1n) is 9.03. The number of ether oxygens (including phenoxy) is 1. The summed E-state index contributed by atoms with van der Waals surface area (Å²) < 4.78 is 30.5. The molecule has 1 aromatic carbocycles. The third-order valence-electron chi connectivity index (χ3n) is 4.98. The molecule has 0 radical (unpaired) electrons. The third kappa shape index (κ3) is 3.62. The van der Waals surface area contributed by atoms with Gasteiger partial charge in [0.2, 0.25) is 0 Å². The predicted molar refractivity (Wildman–Crippen MR) is 107 cm³/mol. The topological polar surface area (TPSA) is 130 Å². The predicted octanol–water partition coefficient (Wildman–Crippen LogP) is 1.97. The summed E-state index contributed by atoms with van der Waals surface area (Å²) in [6, 6.07) is 9.94. The molecule has 3 heterocycles. The maximum Gasteiger partial charge on any atom is 0.261 e. The summed E-state index contributed by atoms with van der Waals surface area (Å²) in [4.78, 5) is 15.3. The number of nitriles is 1. The van der Waals surface area contributed by atoms with Crippen molar-refractivity contribution in [1.29, 1.82) is 5.26 Å². The van der Waals surface area contributed by atoms with Crippen LogP contribution >= 0.6 is 0 Å². The Morgan fingerprint density at radius 2 is 2.07 bits per heavy atom. The van der Waals surface area contributed by atoms with Crippen LogP contribution in [0.25, 0.3) is 10.9 Å². The maximum absolute atomic E-state index is 12.5. The van der Waals surface area contributed by atoms with Gasteiger partial charge in [-0.2, -0.15) is 10.4 Å². The molecule has 2 unspecified atom stereocenters. The van der Waals surface area contributed by atoms with E-state index in [1.807, 2.05) is 0 Å². The number of anilines is 2. The van der Waals surface area contributed by atoms with Gasteiger partial charge in [0.1, 0.15) is 5.39 Å². The second-order valence-corrected chi connectivity index (χ2v) is 8.96. The Balaban J connectivity index is 1.77. The lowest BCUT2D eigenvalue weighted by molar-refractivity contribution is 0.0359. The second kappa shape index (κ2) is 7.35. The van der Waals surface area contributed by atoms with Gasteiger partial charge in [-0.1, -0.05) is 0 Å². The van der Waals surface area contributed by atoms with Gasteiger partial charge in [-0.15, -0.1) is 0 Å². The van der Waals surface area contributed by atoms with Crippen LogP contribution in [0, 0.1) is 17.2 Å². The van der Waals surface area contributed by atoms with Crippen molar-refractivity contribution in [3.8, 4) is 6.07 Å². The van der Waals surface area contributed by atoms with E-state index < -0.39 is 9.84 Å². The standard InChI is InChI=1S/C19H19N5O4S/c1-29(26,27)14-4-2-13(3-5-14)22-18-17-15(6-8-21-19(17)25)24(23-18)16-11-28-9-7-12(16)10-20/h2-6,8,12,16H,7,9,11H2,1H3,(H,21,25)(H,22,23). The number of rotatable bonds is 4. The van der Waals surface area contributed by atoms with Crippen LogP contribution in [0.15, 0.2) is 46.2 Å². The summed E-state index contributed by atoms with van der Waals surface area (Å²) in [5, 5.41) is 17.5. The minimum Gasteiger partial charge on any atom is -0.379 e. The van der Waals surface area contributed by atoms with Crippen LogP contribution in [0.5, 0.6) is 0 Å². The lowest BCUT2D eigenvalue weighted by Crippen LogP contribution is -2.30. The van der Waals surface area contributed by atoms with Crippen LogP contribution in [-0.2, 0) is 14.6 Å². The van der Waals surface area contributed by atoms with E-state index in [4.69, 9.17) is 4.74 Å². The van der Waals surface area contributed by atoms with Crippen LogP contribution in [0.3, 0.4) is 0 Å². The second-order valence-electron chi connectivity index (χ2n) is 6.95. The summed E-state index contributed by atoms with van der Waals surface area (Å²) in [7, 11) is -3.30. The number of pyridine rings is 1. The van der Waals surface area contributed by atoms with E-state index in [0.29, 0.717) is 42.0 Å². The molecule has 0 aliphatic carbocycles. The summed E-state index contributed by atoms with van der Waals surface area (Å²) in [6.07, 6.45) is 3.28. The van der Waals surface area contributed by atoms with Crippen molar-refractivity contribution in [3.05, 3.63) is 46.9 Å². The van der Waals surface area contributed by atoms with E-state index in [2.05, 4.69) is 21.5 Å². The molecule has 0 spiro atoms. The van der Waals surface area contributed by atoms with Gasteiger partial charge in [-0.25, -0.2) is 8.42 Å². The highest BCUT2D eigenvalue weighted by Gasteiger charge is 2.30. The Morgan fingerprint density at radius 1 is 1.31 bits per heavy atom. The third-order valence-corrected chi connectivity index (χ3v) is 6.11. The Morgan fingerprint density at radius 3 is 2.76 bits per heavy atom. The molecule has 2 atom stereocenters. The Kier molecular flexibility index (Phi) is 4.86. The number of aromatic nitrogens is 3. The van der Waals surface area contributed by atoms with Crippen molar-refractivity contribution >= 4 is 32.2 Å². The fourth-order valence-electron chi connectivity index (χ4n) is 3.48. The molecule has 1 fully saturated rings. The molecule has 2 aromatic heterocycles. The van der Waals surface area contributed by atoms with E-state index in [1.54, 1.807) is 29.1 Å². The molecule has 0 amide bonds. The van der Waals surface area contributed by atoms with Crippen LogP contribution in [0.1, 0.15) is 12.5 Å². The molecule has 3 aromatic rings. The van der Waals surface area contributed by atoms with Crippen molar-refractivity contribution in [1.82, 2.24) is 14.8 Å². The molecule has 1 aliphatic rings. The number of hydrogen-bond donors (Lipinski definition) is 2. The normalized spacial score (nSPS) is 19.7. The molecular formula is C19H19N5O4S. The van der Waals surface area contributed by atoms with E-state index in [0.717, 1.165) is 6.26 Å². The van der Waals surface area contributed by atoms with Gasteiger partial charge in [-0.05, 0) is 36.8 Å². The van der Waals surface area contributed by atoms with E-state index in [-0.39, 0.29) is 22.4 Å². The molecule has 10 heteroatoms. The zero-order valence-electron chi connectivity index (χ0n) is 15.6. The SMILES string of the molecule is CS(=O)(=O)c1ccc(Nc2nn(C3COCCC3C#N)c3cc[nH]c(=O)c23)cc1.